The van der Waals surface area contributed by atoms with E-state index in [0.29, 0.717) is 17.9 Å². The summed E-state index contributed by atoms with van der Waals surface area (Å²) in [5.41, 5.74) is 5.81. The first-order chi connectivity index (χ1) is 8.60. The number of benzene rings is 1. The van der Waals surface area contributed by atoms with Crippen LogP contribution in [0.2, 0.25) is 0 Å². The summed E-state index contributed by atoms with van der Waals surface area (Å²) >= 11 is 0. The van der Waals surface area contributed by atoms with Gasteiger partial charge in [-0.25, -0.2) is 0 Å². The highest BCUT2D eigenvalue weighted by Crippen LogP contribution is 2.19. The van der Waals surface area contributed by atoms with Gasteiger partial charge in [0.1, 0.15) is 5.75 Å². The monoisotopic (exact) mass is 251 g/mol. The molecule has 1 aromatic rings. The van der Waals surface area contributed by atoms with E-state index in [4.69, 9.17) is 15.7 Å². The van der Waals surface area contributed by atoms with Crippen LogP contribution in [-0.4, -0.2) is 42.0 Å². The number of carbonyl (C=O) groups is 1. The van der Waals surface area contributed by atoms with Crippen LogP contribution in [0.15, 0.2) is 29.4 Å². The molecule has 0 fully saturated rings. The summed E-state index contributed by atoms with van der Waals surface area (Å²) in [5.74, 6) is 0.252. The first-order valence-electron chi connectivity index (χ1n) is 5.53. The number of hydrogen-bond donors (Lipinski definition) is 2. The van der Waals surface area contributed by atoms with E-state index in [9.17, 15) is 4.79 Å². The minimum absolute atomic E-state index is 0.0280. The summed E-state index contributed by atoms with van der Waals surface area (Å²) in [6.45, 7) is 2.38. The third-order valence-corrected chi connectivity index (χ3v) is 2.29. The molecular formula is C12H17N3O3. The minimum Gasteiger partial charge on any atom is -0.493 e. The average Bonchev–Trinajstić information content (AvgIpc) is 2.38. The topological polar surface area (TPSA) is 88.2 Å². The van der Waals surface area contributed by atoms with Gasteiger partial charge in [0.05, 0.1) is 18.7 Å². The molecule has 6 nitrogen and oxygen atoms in total. The molecule has 0 aliphatic carbocycles. The van der Waals surface area contributed by atoms with Crippen LogP contribution >= 0.6 is 0 Å². The van der Waals surface area contributed by atoms with Gasteiger partial charge in [-0.1, -0.05) is 17.3 Å². The standard InChI is InChI=1S/C12H17N3O3/c1-3-18-10-7-5-4-6-9(10)12(16)15(2)8-11(13)14-17/h4-7,17H,3,8H2,1-2H3,(H2,13,14). The van der Waals surface area contributed by atoms with Crippen molar-refractivity contribution in [1.29, 1.82) is 0 Å². The number of hydrogen-bond acceptors (Lipinski definition) is 4. The van der Waals surface area contributed by atoms with Gasteiger partial charge >= 0.3 is 0 Å². The molecule has 0 atom stereocenters. The van der Waals surface area contributed by atoms with Crippen LogP contribution in [0.4, 0.5) is 0 Å². The minimum atomic E-state index is -0.245. The second-order valence-corrected chi connectivity index (χ2v) is 3.68. The molecule has 1 amide bonds. The lowest BCUT2D eigenvalue weighted by Gasteiger charge is -2.18. The van der Waals surface area contributed by atoms with Crippen LogP contribution in [0, 0.1) is 0 Å². The maximum atomic E-state index is 12.1. The van der Waals surface area contributed by atoms with Crippen LogP contribution < -0.4 is 10.5 Å². The van der Waals surface area contributed by atoms with Crippen molar-refractivity contribution in [1.82, 2.24) is 4.90 Å². The Balaban J connectivity index is 2.89. The lowest BCUT2D eigenvalue weighted by molar-refractivity contribution is 0.0809. The van der Waals surface area contributed by atoms with Crippen molar-refractivity contribution in [3.05, 3.63) is 29.8 Å². The molecule has 0 spiro atoms. The number of carbonyl (C=O) groups excluding carboxylic acids is 1. The molecule has 0 saturated heterocycles. The largest absolute Gasteiger partial charge is 0.493 e. The maximum Gasteiger partial charge on any atom is 0.257 e. The van der Waals surface area contributed by atoms with Gasteiger partial charge in [-0.15, -0.1) is 0 Å². The van der Waals surface area contributed by atoms with Gasteiger partial charge in [-0.05, 0) is 19.1 Å². The molecule has 1 rings (SSSR count). The van der Waals surface area contributed by atoms with Crippen molar-refractivity contribution < 1.29 is 14.7 Å². The quantitative estimate of drug-likeness (QED) is 0.352. The fourth-order valence-corrected chi connectivity index (χ4v) is 1.48. The van der Waals surface area contributed by atoms with Gasteiger partial charge in [0.2, 0.25) is 0 Å². The van der Waals surface area contributed by atoms with Crippen LogP contribution in [0.5, 0.6) is 5.75 Å². The van der Waals surface area contributed by atoms with Crippen molar-refractivity contribution in [2.24, 2.45) is 10.9 Å². The van der Waals surface area contributed by atoms with E-state index in [1.807, 2.05) is 6.92 Å². The summed E-state index contributed by atoms with van der Waals surface area (Å²) in [6, 6.07) is 6.96. The number of nitrogens with zero attached hydrogens (tertiary/aromatic N) is 2. The number of oxime groups is 1. The molecule has 0 radical (unpaired) electrons. The molecule has 0 heterocycles. The van der Waals surface area contributed by atoms with Crippen LogP contribution in [0.1, 0.15) is 17.3 Å². The molecule has 98 valence electrons. The van der Waals surface area contributed by atoms with Crippen molar-refractivity contribution >= 4 is 11.7 Å². The SMILES string of the molecule is CCOc1ccccc1C(=O)N(C)CC(N)=NO. The number of ether oxygens (including phenoxy) is 1. The predicted octanol–water partition coefficient (Wildman–Crippen LogP) is 0.904. The molecule has 0 unspecified atom stereocenters. The second-order valence-electron chi connectivity index (χ2n) is 3.68. The molecule has 18 heavy (non-hydrogen) atoms. The van der Waals surface area contributed by atoms with Crippen LogP contribution in [0.3, 0.4) is 0 Å². The van der Waals surface area contributed by atoms with Gasteiger partial charge in [0.25, 0.3) is 5.91 Å². The molecule has 1 aromatic carbocycles. The fraction of sp³-hybridized carbons (Fsp3) is 0.333. The molecule has 0 bridgehead atoms. The Kier molecular flexibility index (Phi) is 4.98. The summed E-state index contributed by atoms with van der Waals surface area (Å²) in [5, 5.41) is 11.3. The fourth-order valence-electron chi connectivity index (χ4n) is 1.48. The van der Waals surface area contributed by atoms with Crippen LogP contribution in [-0.2, 0) is 0 Å². The number of nitrogens with two attached hydrogens (primary N) is 1. The molecule has 0 aliphatic heterocycles. The van der Waals surface area contributed by atoms with Crippen molar-refractivity contribution in [2.75, 3.05) is 20.2 Å². The van der Waals surface area contributed by atoms with Crippen LogP contribution in [0.25, 0.3) is 0 Å². The highest BCUT2D eigenvalue weighted by Gasteiger charge is 2.17. The molecule has 0 saturated carbocycles. The van der Waals surface area contributed by atoms with E-state index in [1.165, 1.54) is 4.90 Å². The molecule has 6 heteroatoms. The smallest absolute Gasteiger partial charge is 0.257 e. The lowest BCUT2D eigenvalue weighted by atomic mass is 10.1. The van der Waals surface area contributed by atoms with E-state index >= 15 is 0 Å². The van der Waals surface area contributed by atoms with Gasteiger partial charge < -0.3 is 20.6 Å². The Hall–Kier alpha value is -2.24. The Bertz CT molecular complexity index is 446. The zero-order valence-electron chi connectivity index (χ0n) is 10.5. The summed E-state index contributed by atoms with van der Waals surface area (Å²) in [4.78, 5) is 13.5. The third kappa shape index (κ3) is 3.38. The first kappa shape index (κ1) is 13.8. The zero-order chi connectivity index (χ0) is 13.5. The molecule has 3 N–H and O–H groups in total. The average molecular weight is 251 g/mol. The number of amidine groups is 1. The van der Waals surface area contributed by atoms with Gasteiger partial charge in [0, 0.05) is 7.05 Å². The zero-order valence-corrected chi connectivity index (χ0v) is 10.5. The van der Waals surface area contributed by atoms with Crippen molar-refractivity contribution in [3.8, 4) is 5.75 Å². The summed E-state index contributed by atoms with van der Waals surface area (Å²) in [7, 11) is 1.57. The Morgan fingerprint density at radius 1 is 1.50 bits per heavy atom. The van der Waals surface area contributed by atoms with Gasteiger partial charge in [0.15, 0.2) is 5.84 Å². The normalized spacial score (nSPS) is 11.1. The first-order valence-corrected chi connectivity index (χ1v) is 5.53. The summed E-state index contributed by atoms with van der Waals surface area (Å²) in [6.07, 6.45) is 0. The number of amides is 1. The third-order valence-electron chi connectivity index (χ3n) is 2.29. The Labute approximate surface area is 106 Å². The lowest BCUT2D eigenvalue weighted by Crippen LogP contribution is -2.35. The molecular weight excluding hydrogens is 234 g/mol. The molecule has 0 aromatic heterocycles. The van der Waals surface area contributed by atoms with Gasteiger partial charge in [-0.3, -0.25) is 4.79 Å². The number of para-hydroxylation sites is 1. The van der Waals surface area contributed by atoms with E-state index < -0.39 is 0 Å². The van der Waals surface area contributed by atoms with Crippen molar-refractivity contribution in [2.45, 2.75) is 6.92 Å². The molecule has 0 aliphatic rings. The maximum absolute atomic E-state index is 12.1. The highest BCUT2D eigenvalue weighted by atomic mass is 16.5. The number of likely N-dealkylation sites (N-methyl/N-ethyl adjacent to an activating group) is 1. The van der Waals surface area contributed by atoms with E-state index in [-0.39, 0.29) is 18.3 Å². The van der Waals surface area contributed by atoms with E-state index in [2.05, 4.69) is 5.16 Å². The second kappa shape index (κ2) is 6.48. The van der Waals surface area contributed by atoms with E-state index in [1.54, 1.807) is 31.3 Å². The van der Waals surface area contributed by atoms with Gasteiger partial charge in [-0.2, -0.15) is 0 Å². The highest BCUT2D eigenvalue weighted by molar-refractivity contribution is 5.99. The number of rotatable bonds is 5. The predicted molar refractivity (Wildman–Crippen MR) is 68.0 cm³/mol. The van der Waals surface area contributed by atoms with E-state index in [0.717, 1.165) is 0 Å². The van der Waals surface area contributed by atoms with Crippen molar-refractivity contribution in [3.63, 3.8) is 0 Å². The Morgan fingerprint density at radius 2 is 2.17 bits per heavy atom. The Morgan fingerprint density at radius 3 is 2.78 bits per heavy atom. The summed E-state index contributed by atoms with van der Waals surface area (Å²) < 4.78 is 5.38.